The smallest absolute Gasteiger partial charge is 0.166 e. The quantitative estimate of drug-likeness (QED) is 0.901. The number of thioether (sulfide) groups is 1. The van der Waals surface area contributed by atoms with Crippen molar-refractivity contribution < 1.29 is 0 Å². The van der Waals surface area contributed by atoms with Crippen molar-refractivity contribution in [2.24, 2.45) is 0 Å². The maximum absolute atomic E-state index is 4.70. The fraction of sp³-hybridized carbons (Fsp3) is 0.533. The molecule has 19 heavy (non-hydrogen) atoms. The van der Waals surface area contributed by atoms with E-state index in [1.807, 2.05) is 11.8 Å². The molecule has 1 saturated carbocycles. The van der Waals surface area contributed by atoms with Crippen LogP contribution in [0.3, 0.4) is 0 Å². The van der Waals surface area contributed by atoms with Gasteiger partial charge in [0.15, 0.2) is 5.16 Å². The molecule has 1 aliphatic rings. The van der Waals surface area contributed by atoms with Crippen molar-refractivity contribution in [3.05, 3.63) is 23.8 Å². The molecule has 1 fully saturated rings. The Hall–Kier alpha value is -1.00. The van der Waals surface area contributed by atoms with Gasteiger partial charge in [0, 0.05) is 11.3 Å². The molecule has 2 atom stereocenters. The van der Waals surface area contributed by atoms with E-state index >= 15 is 0 Å². The molecule has 2 aromatic rings. The molecule has 1 aromatic carbocycles. The van der Waals surface area contributed by atoms with Crippen LogP contribution >= 0.6 is 11.8 Å². The highest BCUT2D eigenvalue weighted by atomic mass is 32.2. The van der Waals surface area contributed by atoms with Crippen LogP contribution in [0.4, 0.5) is 0 Å². The van der Waals surface area contributed by atoms with E-state index in [0.29, 0.717) is 11.3 Å². The molecule has 1 heterocycles. The van der Waals surface area contributed by atoms with Gasteiger partial charge in [-0.2, -0.15) is 0 Å². The lowest BCUT2D eigenvalue weighted by Crippen LogP contribution is -2.38. The highest BCUT2D eigenvalue weighted by Gasteiger charge is 2.25. The maximum Gasteiger partial charge on any atom is 0.166 e. The van der Waals surface area contributed by atoms with Crippen LogP contribution in [0.25, 0.3) is 11.0 Å². The molecular formula is C15H21N3S. The minimum Gasteiger partial charge on any atom is -0.333 e. The summed E-state index contributed by atoms with van der Waals surface area (Å²) in [5.41, 5.74) is 3.50. The molecule has 3 rings (SSSR count). The third kappa shape index (κ3) is 2.79. The summed E-state index contributed by atoms with van der Waals surface area (Å²) < 4.78 is 0. The summed E-state index contributed by atoms with van der Waals surface area (Å²) in [6.07, 6.45) is 5.26. The first-order chi connectivity index (χ1) is 9.26. The second kappa shape index (κ2) is 5.55. The number of nitrogens with one attached hydrogen (secondary N) is 2. The van der Waals surface area contributed by atoms with Crippen molar-refractivity contribution in [3.8, 4) is 0 Å². The summed E-state index contributed by atoms with van der Waals surface area (Å²) in [4.78, 5) is 8.15. The Morgan fingerprint density at radius 3 is 3.00 bits per heavy atom. The van der Waals surface area contributed by atoms with E-state index in [9.17, 15) is 0 Å². The summed E-state index contributed by atoms with van der Waals surface area (Å²) in [5, 5.41) is 5.16. The number of H-pyrrole nitrogens is 1. The number of rotatable bonds is 3. The number of benzene rings is 1. The Morgan fingerprint density at radius 2 is 2.16 bits per heavy atom. The molecule has 0 amide bonds. The van der Waals surface area contributed by atoms with Crippen molar-refractivity contribution in [2.75, 3.05) is 7.05 Å². The average Bonchev–Trinajstić information content (AvgIpc) is 2.80. The third-order valence-corrected chi connectivity index (χ3v) is 5.24. The monoisotopic (exact) mass is 275 g/mol. The summed E-state index contributed by atoms with van der Waals surface area (Å²) >= 11 is 1.90. The Kier molecular flexibility index (Phi) is 3.80. The van der Waals surface area contributed by atoms with E-state index in [1.54, 1.807) is 0 Å². The minimum absolute atomic E-state index is 0.619. The van der Waals surface area contributed by atoms with Gasteiger partial charge in [0.2, 0.25) is 0 Å². The van der Waals surface area contributed by atoms with Gasteiger partial charge in [-0.05, 0) is 44.5 Å². The first kappa shape index (κ1) is 13.0. The van der Waals surface area contributed by atoms with Crippen molar-refractivity contribution in [1.82, 2.24) is 15.3 Å². The zero-order valence-corrected chi connectivity index (χ0v) is 12.4. The SMILES string of the molecule is CNC1CCCCC1Sc1nc2ccc(C)cc2[nH]1. The predicted molar refractivity (Wildman–Crippen MR) is 81.8 cm³/mol. The van der Waals surface area contributed by atoms with Crippen LogP contribution in [-0.4, -0.2) is 28.3 Å². The van der Waals surface area contributed by atoms with Gasteiger partial charge < -0.3 is 10.3 Å². The van der Waals surface area contributed by atoms with Gasteiger partial charge in [0.25, 0.3) is 0 Å². The molecule has 0 aliphatic heterocycles. The molecule has 4 heteroatoms. The second-order valence-electron chi connectivity index (χ2n) is 5.40. The van der Waals surface area contributed by atoms with Crippen LogP contribution in [0.15, 0.2) is 23.4 Å². The first-order valence-corrected chi connectivity index (χ1v) is 7.94. The zero-order chi connectivity index (χ0) is 13.2. The van der Waals surface area contributed by atoms with Crippen LogP contribution < -0.4 is 5.32 Å². The average molecular weight is 275 g/mol. The van der Waals surface area contributed by atoms with Crippen molar-refractivity contribution in [1.29, 1.82) is 0 Å². The van der Waals surface area contributed by atoms with E-state index in [1.165, 1.54) is 31.2 Å². The lowest BCUT2D eigenvalue weighted by atomic mass is 9.95. The van der Waals surface area contributed by atoms with E-state index in [-0.39, 0.29) is 0 Å². The Bertz CT molecular complexity index is 564. The van der Waals surface area contributed by atoms with Gasteiger partial charge >= 0.3 is 0 Å². The largest absolute Gasteiger partial charge is 0.333 e. The van der Waals surface area contributed by atoms with Crippen molar-refractivity contribution >= 4 is 22.8 Å². The van der Waals surface area contributed by atoms with Crippen molar-refractivity contribution in [3.63, 3.8) is 0 Å². The molecule has 0 bridgehead atoms. The predicted octanol–water partition coefficient (Wildman–Crippen LogP) is 3.49. The number of fused-ring (bicyclic) bond motifs is 1. The highest BCUT2D eigenvalue weighted by molar-refractivity contribution is 7.99. The van der Waals surface area contributed by atoms with Gasteiger partial charge in [0.05, 0.1) is 11.0 Å². The van der Waals surface area contributed by atoms with Crippen molar-refractivity contribution in [2.45, 2.75) is 49.1 Å². The molecule has 1 aromatic heterocycles. The summed E-state index contributed by atoms with van der Waals surface area (Å²) in [7, 11) is 2.07. The van der Waals surface area contributed by atoms with E-state index in [2.05, 4.69) is 42.5 Å². The number of hydrogen-bond donors (Lipinski definition) is 2. The molecule has 0 spiro atoms. The van der Waals surface area contributed by atoms with Crippen LogP contribution in [0.5, 0.6) is 0 Å². The Morgan fingerprint density at radius 1 is 1.32 bits per heavy atom. The van der Waals surface area contributed by atoms with Gasteiger partial charge in [-0.3, -0.25) is 0 Å². The zero-order valence-electron chi connectivity index (χ0n) is 11.6. The van der Waals surface area contributed by atoms with Crippen LogP contribution in [-0.2, 0) is 0 Å². The van der Waals surface area contributed by atoms with Crippen LogP contribution in [0, 0.1) is 6.92 Å². The van der Waals surface area contributed by atoms with Gasteiger partial charge in [0.1, 0.15) is 0 Å². The minimum atomic E-state index is 0.619. The van der Waals surface area contributed by atoms with E-state index in [4.69, 9.17) is 4.98 Å². The number of hydrogen-bond acceptors (Lipinski definition) is 3. The summed E-state index contributed by atoms with van der Waals surface area (Å²) in [5.74, 6) is 0. The van der Waals surface area contributed by atoms with E-state index < -0.39 is 0 Å². The number of aromatic amines is 1. The second-order valence-corrected chi connectivity index (χ2v) is 6.63. The van der Waals surface area contributed by atoms with E-state index in [0.717, 1.165) is 16.2 Å². The highest BCUT2D eigenvalue weighted by Crippen LogP contribution is 2.33. The number of aromatic nitrogens is 2. The lowest BCUT2D eigenvalue weighted by molar-refractivity contribution is 0.405. The lowest BCUT2D eigenvalue weighted by Gasteiger charge is -2.29. The molecule has 0 saturated heterocycles. The van der Waals surface area contributed by atoms with Gasteiger partial charge in [-0.1, -0.05) is 30.7 Å². The van der Waals surface area contributed by atoms with Gasteiger partial charge in [-0.25, -0.2) is 4.98 Å². The normalized spacial score (nSPS) is 23.9. The van der Waals surface area contributed by atoms with Crippen LogP contribution in [0.2, 0.25) is 0 Å². The Balaban J connectivity index is 1.80. The molecule has 0 radical (unpaired) electrons. The molecule has 1 aliphatic carbocycles. The summed E-state index contributed by atoms with van der Waals surface area (Å²) in [6.45, 7) is 2.12. The summed E-state index contributed by atoms with van der Waals surface area (Å²) in [6, 6.07) is 7.01. The maximum atomic E-state index is 4.70. The molecule has 102 valence electrons. The molecule has 2 N–H and O–H groups in total. The molecule has 3 nitrogen and oxygen atoms in total. The topological polar surface area (TPSA) is 40.7 Å². The van der Waals surface area contributed by atoms with Crippen LogP contribution in [0.1, 0.15) is 31.2 Å². The number of aryl methyl sites for hydroxylation is 1. The number of nitrogens with zero attached hydrogens (tertiary/aromatic N) is 1. The number of imidazole rings is 1. The third-order valence-electron chi connectivity index (χ3n) is 3.95. The molecular weight excluding hydrogens is 254 g/mol. The van der Waals surface area contributed by atoms with Gasteiger partial charge in [-0.15, -0.1) is 0 Å². The fourth-order valence-corrected chi connectivity index (χ4v) is 4.20. The first-order valence-electron chi connectivity index (χ1n) is 7.06. The standard InChI is InChI=1S/C15H21N3S/c1-10-7-8-11-13(9-10)18-15(17-11)19-14-6-4-3-5-12(14)16-2/h7-9,12,14,16H,3-6H2,1-2H3,(H,17,18). The Labute approximate surface area is 118 Å². The fourth-order valence-electron chi connectivity index (χ4n) is 2.87. The molecule has 2 unspecified atom stereocenters.